The minimum absolute atomic E-state index is 0.241. The average molecular weight is 106 g/mol. The Labute approximate surface area is 42.2 Å². The second-order valence-electron chi connectivity index (χ2n) is 1.33. The summed E-state index contributed by atoms with van der Waals surface area (Å²) in [4.78, 5) is 0. The third kappa shape index (κ3) is 0.854. The van der Waals surface area contributed by atoms with Crippen LogP contribution >= 0.6 is 11.6 Å². The molecule has 1 fully saturated rings. The first kappa shape index (κ1) is 4.41. The Hall–Kier alpha value is 0.250. The Bertz CT molecular complexity index is 40.8. The molecule has 0 aromatic rings. The molecule has 0 bridgehead atoms. The van der Waals surface area contributed by atoms with Gasteiger partial charge in [-0.15, -0.1) is 11.6 Å². The molecule has 1 aliphatic rings. The van der Waals surface area contributed by atoms with Crippen molar-refractivity contribution >= 4 is 11.6 Å². The molecule has 0 saturated carbocycles. The standard InChI is InChI=1S/C4H6ClO/c5-4-1-2-6-3-4/h2,4H,1,3H2. The Kier molecular flexibility index (Phi) is 1.33. The summed E-state index contributed by atoms with van der Waals surface area (Å²) in [6.07, 6.45) is 0.904. The van der Waals surface area contributed by atoms with Crippen LogP contribution in [0, 0.1) is 6.61 Å². The van der Waals surface area contributed by atoms with Crippen molar-refractivity contribution in [2.24, 2.45) is 0 Å². The zero-order valence-electron chi connectivity index (χ0n) is 3.36. The van der Waals surface area contributed by atoms with Crippen LogP contribution in [0.25, 0.3) is 0 Å². The van der Waals surface area contributed by atoms with Crippen LogP contribution in [0.4, 0.5) is 0 Å². The maximum atomic E-state index is 5.56. The molecule has 0 aliphatic carbocycles. The molecule has 1 aliphatic heterocycles. The third-order valence-electron chi connectivity index (χ3n) is 0.747. The van der Waals surface area contributed by atoms with Crippen LogP contribution in [0.1, 0.15) is 6.42 Å². The molecular formula is C4H6ClO. The van der Waals surface area contributed by atoms with Gasteiger partial charge < -0.3 is 4.74 Å². The third-order valence-corrected chi connectivity index (χ3v) is 1.05. The number of halogens is 1. The molecule has 1 radical (unpaired) electrons. The van der Waals surface area contributed by atoms with Crippen molar-refractivity contribution < 1.29 is 4.74 Å². The molecule has 0 amide bonds. The average Bonchev–Trinajstić information content (AvgIpc) is 1.86. The molecule has 2 heteroatoms. The zero-order chi connectivity index (χ0) is 4.41. The van der Waals surface area contributed by atoms with Crippen LogP contribution < -0.4 is 0 Å². The summed E-state index contributed by atoms with van der Waals surface area (Å²) in [5, 5.41) is 0.241. The molecule has 1 atom stereocenters. The van der Waals surface area contributed by atoms with Gasteiger partial charge in [0.2, 0.25) is 0 Å². The van der Waals surface area contributed by atoms with Crippen LogP contribution in [-0.4, -0.2) is 12.0 Å². The van der Waals surface area contributed by atoms with E-state index in [4.69, 9.17) is 16.3 Å². The van der Waals surface area contributed by atoms with E-state index in [1.165, 1.54) is 0 Å². The fraction of sp³-hybridized carbons (Fsp3) is 0.750. The number of rotatable bonds is 0. The fourth-order valence-corrected chi connectivity index (χ4v) is 0.558. The fourth-order valence-electron chi connectivity index (χ4n) is 0.413. The number of hydrogen-bond acceptors (Lipinski definition) is 1. The van der Waals surface area contributed by atoms with Crippen molar-refractivity contribution in [1.29, 1.82) is 0 Å². The summed E-state index contributed by atoms with van der Waals surface area (Å²) >= 11 is 5.56. The Morgan fingerprint density at radius 3 is 2.83 bits per heavy atom. The molecule has 0 spiro atoms. The van der Waals surface area contributed by atoms with Gasteiger partial charge in [-0.3, -0.25) is 0 Å². The summed E-state index contributed by atoms with van der Waals surface area (Å²) < 4.78 is 4.80. The lowest BCUT2D eigenvalue weighted by Crippen LogP contribution is -1.92. The van der Waals surface area contributed by atoms with Gasteiger partial charge >= 0.3 is 0 Å². The second-order valence-corrected chi connectivity index (χ2v) is 1.95. The van der Waals surface area contributed by atoms with Gasteiger partial charge in [0.05, 0.1) is 18.6 Å². The van der Waals surface area contributed by atoms with Crippen LogP contribution in [0.5, 0.6) is 0 Å². The van der Waals surface area contributed by atoms with Crippen LogP contribution in [0.2, 0.25) is 0 Å². The monoisotopic (exact) mass is 105 g/mol. The predicted molar refractivity (Wildman–Crippen MR) is 24.5 cm³/mol. The largest absolute Gasteiger partial charge is 0.374 e. The number of alkyl halides is 1. The Morgan fingerprint density at radius 2 is 2.67 bits per heavy atom. The topological polar surface area (TPSA) is 9.23 Å². The van der Waals surface area contributed by atoms with Gasteiger partial charge in [-0.1, -0.05) is 0 Å². The van der Waals surface area contributed by atoms with Crippen LogP contribution in [0.3, 0.4) is 0 Å². The minimum Gasteiger partial charge on any atom is -0.374 e. The summed E-state index contributed by atoms with van der Waals surface area (Å²) in [5.41, 5.74) is 0. The van der Waals surface area contributed by atoms with E-state index >= 15 is 0 Å². The van der Waals surface area contributed by atoms with Gasteiger partial charge in [0, 0.05) is 0 Å². The SMILES string of the molecule is ClC1C[CH]OC1. The lowest BCUT2D eigenvalue weighted by Gasteiger charge is -1.86. The first-order valence-corrected chi connectivity index (χ1v) is 2.40. The van der Waals surface area contributed by atoms with Crippen molar-refractivity contribution in [3.05, 3.63) is 6.61 Å². The summed E-state index contributed by atoms with van der Waals surface area (Å²) in [5.74, 6) is 0. The van der Waals surface area contributed by atoms with Gasteiger partial charge in [0.25, 0.3) is 0 Å². The highest BCUT2D eigenvalue weighted by molar-refractivity contribution is 6.20. The van der Waals surface area contributed by atoms with E-state index in [2.05, 4.69) is 0 Å². The molecule has 0 aromatic heterocycles. The maximum absolute atomic E-state index is 5.56. The van der Waals surface area contributed by atoms with E-state index in [0.29, 0.717) is 6.61 Å². The van der Waals surface area contributed by atoms with E-state index in [-0.39, 0.29) is 5.38 Å². The van der Waals surface area contributed by atoms with E-state index in [9.17, 15) is 0 Å². The van der Waals surface area contributed by atoms with Gasteiger partial charge in [0.15, 0.2) is 0 Å². The molecule has 0 aromatic carbocycles. The van der Waals surface area contributed by atoms with Crippen molar-refractivity contribution in [2.75, 3.05) is 6.61 Å². The van der Waals surface area contributed by atoms with Crippen molar-refractivity contribution in [1.82, 2.24) is 0 Å². The molecule has 0 N–H and O–H groups in total. The van der Waals surface area contributed by atoms with Gasteiger partial charge in [-0.05, 0) is 6.42 Å². The highest BCUT2D eigenvalue weighted by atomic mass is 35.5. The molecule has 1 unspecified atom stereocenters. The molecule has 1 rings (SSSR count). The normalized spacial score (nSPS) is 34.5. The molecule has 6 heavy (non-hydrogen) atoms. The molecule has 1 nitrogen and oxygen atoms in total. The Balaban J connectivity index is 2.18. The van der Waals surface area contributed by atoms with Gasteiger partial charge in [-0.2, -0.15) is 0 Å². The van der Waals surface area contributed by atoms with Crippen LogP contribution in [0.15, 0.2) is 0 Å². The van der Waals surface area contributed by atoms with E-state index < -0.39 is 0 Å². The number of ether oxygens (including phenoxy) is 1. The van der Waals surface area contributed by atoms with Gasteiger partial charge in [0.1, 0.15) is 0 Å². The molecule has 1 saturated heterocycles. The van der Waals surface area contributed by atoms with E-state index in [1.807, 2.05) is 0 Å². The summed E-state index contributed by atoms with van der Waals surface area (Å²) in [7, 11) is 0. The molecule has 1 heterocycles. The van der Waals surface area contributed by atoms with E-state index in [1.54, 1.807) is 6.61 Å². The summed E-state index contributed by atoms with van der Waals surface area (Å²) in [6, 6.07) is 0. The second kappa shape index (κ2) is 1.80. The van der Waals surface area contributed by atoms with Gasteiger partial charge in [-0.25, -0.2) is 0 Å². The van der Waals surface area contributed by atoms with E-state index in [0.717, 1.165) is 6.42 Å². The lowest BCUT2D eigenvalue weighted by molar-refractivity contribution is 0.255. The minimum atomic E-state index is 0.241. The van der Waals surface area contributed by atoms with Crippen LogP contribution in [-0.2, 0) is 4.74 Å². The van der Waals surface area contributed by atoms with Crippen molar-refractivity contribution in [3.8, 4) is 0 Å². The summed E-state index contributed by atoms with van der Waals surface area (Å²) in [6.45, 7) is 2.44. The first-order chi connectivity index (χ1) is 2.89. The highest BCUT2D eigenvalue weighted by Crippen LogP contribution is 2.12. The smallest absolute Gasteiger partial charge is 0.0852 e. The quantitative estimate of drug-likeness (QED) is 0.421. The number of hydrogen-bond donors (Lipinski definition) is 0. The highest BCUT2D eigenvalue weighted by Gasteiger charge is 2.10. The maximum Gasteiger partial charge on any atom is 0.0852 e. The van der Waals surface area contributed by atoms with Crippen molar-refractivity contribution in [3.63, 3.8) is 0 Å². The zero-order valence-corrected chi connectivity index (χ0v) is 4.11. The Morgan fingerprint density at radius 1 is 1.83 bits per heavy atom. The molecular weight excluding hydrogens is 99.5 g/mol. The first-order valence-electron chi connectivity index (χ1n) is 1.97. The molecule has 35 valence electrons. The van der Waals surface area contributed by atoms with Crippen molar-refractivity contribution in [2.45, 2.75) is 11.8 Å². The predicted octanol–water partition coefficient (Wildman–Crippen LogP) is 1.18. The lowest BCUT2D eigenvalue weighted by atomic mass is 10.4.